The Kier molecular flexibility index (Phi) is 3.13. The molecule has 88 valence electrons. The van der Waals surface area contributed by atoms with Crippen LogP contribution in [0.5, 0.6) is 0 Å². The molecule has 1 aromatic heterocycles. The van der Waals surface area contributed by atoms with Gasteiger partial charge in [-0.05, 0) is 0 Å². The molecule has 16 heavy (non-hydrogen) atoms. The van der Waals surface area contributed by atoms with Gasteiger partial charge < -0.3 is 15.9 Å². The maximum atomic E-state index is 11.5. The highest BCUT2D eigenvalue weighted by atomic mass is 32.2. The van der Waals surface area contributed by atoms with Crippen molar-refractivity contribution in [3.05, 3.63) is 16.8 Å². The lowest BCUT2D eigenvalue weighted by atomic mass is 10.2. The van der Waals surface area contributed by atoms with Gasteiger partial charge in [-0.2, -0.15) is 4.98 Å². The second-order valence-electron chi connectivity index (χ2n) is 3.52. The van der Waals surface area contributed by atoms with E-state index < -0.39 is 11.8 Å². The Hall–Kier alpha value is -1.12. The van der Waals surface area contributed by atoms with E-state index in [9.17, 15) is 9.90 Å². The van der Waals surface area contributed by atoms with E-state index >= 15 is 0 Å². The zero-order valence-corrected chi connectivity index (χ0v) is 9.17. The van der Waals surface area contributed by atoms with E-state index in [0.717, 1.165) is 0 Å². The van der Waals surface area contributed by atoms with E-state index in [-0.39, 0.29) is 23.2 Å². The first-order valence-electron chi connectivity index (χ1n) is 4.77. The topological polar surface area (TPSA) is 114 Å². The van der Waals surface area contributed by atoms with Crippen molar-refractivity contribution < 1.29 is 10.2 Å². The molecule has 1 fully saturated rings. The number of nitrogens with two attached hydrogens (primary N) is 1. The number of rotatable bonds is 2. The minimum absolute atomic E-state index is 0.0662. The molecule has 0 bridgehead atoms. The van der Waals surface area contributed by atoms with E-state index in [1.54, 1.807) is 0 Å². The van der Waals surface area contributed by atoms with Crippen molar-refractivity contribution in [2.75, 3.05) is 12.3 Å². The average molecular weight is 244 g/mol. The lowest BCUT2D eigenvalue weighted by Gasteiger charge is -2.11. The Labute approximate surface area is 95.3 Å². The molecular weight excluding hydrogens is 232 g/mol. The highest BCUT2D eigenvalue weighted by Crippen LogP contribution is 2.40. The molecule has 1 saturated heterocycles. The van der Waals surface area contributed by atoms with E-state index in [4.69, 9.17) is 10.8 Å². The molecule has 3 atom stereocenters. The lowest BCUT2D eigenvalue weighted by Crippen LogP contribution is -2.26. The molecular formula is C8H12N4O3S. The Morgan fingerprint density at radius 1 is 1.69 bits per heavy atom. The van der Waals surface area contributed by atoms with Crippen LogP contribution in [0, 0.1) is 0 Å². The van der Waals surface area contributed by atoms with Crippen LogP contribution in [-0.4, -0.2) is 42.7 Å². The molecule has 0 unspecified atom stereocenters. The summed E-state index contributed by atoms with van der Waals surface area (Å²) in [6.07, 6.45) is 1.09. The van der Waals surface area contributed by atoms with Gasteiger partial charge in [-0.15, -0.1) is 11.8 Å². The molecule has 1 aliphatic rings. The van der Waals surface area contributed by atoms with E-state index in [1.165, 1.54) is 22.7 Å². The second-order valence-corrected chi connectivity index (χ2v) is 4.94. The zero-order chi connectivity index (χ0) is 11.7. The monoisotopic (exact) mass is 244 g/mol. The molecule has 0 spiro atoms. The van der Waals surface area contributed by atoms with Crippen molar-refractivity contribution in [3.63, 3.8) is 0 Å². The first-order valence-corrected chi connectivity index (χ1v) is 5.71. The summed E-state index contributed by atoms with van der Waals surface area (Å²) >= 11 is 1.33. The van der Waals surface area contributed by atoms with Gasteiger partial charge in [0.1, 0.15) is 6.33 Å². The molecule has 0 saturated carbocycles. The Morgan fingerprint density at radius 3 is 3.00 bits per heavy atom. The summed E-state index contributed by atoms with van der Waals surface area (Å²) < 4.78 is 1.32. The lowest BCUT2D eigenvalue weighted by molar-refractivity contribution is 0.137. The van der Waals surface area contributed by atoms with E-state index in [0.29, 0.717) is 6.42 Å². The number of hydrogen-bond donors (Lipinski definition) is 3. The maximum Gasteiger partial charge on any atom is 0.353 e. The van der Waals surface area contributed by atoms with Crippen LogP contribution in [0.1, 0.15) is 11.8 Å². The van der Waals surface area contributed by atoms with Gasteiger partial charge in [0, 0.05) is 6.42 Å². The van der Waals surface area contributed by atoms with Crippen LogP contribution in [0.15, 0.2) is 11.1 Å². The van der Waals surface area contributed by atoms with Crippen LogP contribution < -0.4 is 11.4 Å². The van der Waals surface area contributed by atoms with Gasteiger partial charge in [-0.3, -0.25) is 4.57 Å². The number of aliphatic hydroxyl groups excluding tert-OH is 2. The van der Waals surface area contributed by atoms with Crippen LogP contribution in [0.3, 0.4) is 0 Å². The molecule has 1 aromatic rings. The third-order valence-corrected chi connectivity index (χ3v) is 3.99. The molecule has 7 nitrogen and oxygen atoms in total. The maximum absolute atomic E-state index is 11.5. The first kappa shape index (κ1) is 11.4. The second kappa shape index (κ2) is 4.40. The summed E-state index contributed by atoms with van der Waals surface area (Å²) in [6, 6.07) is 0. The number of aliphatic hydroxyl groups is 2. The van der Waals surface area contributed by atoms with Gasteiger partial charge in [-0.25, -0.2) is 9.78 Å². The van der Waals surface area contributed by atoms with Crippen LogP contribution in [0.4, 0.5) is 5.95 Å². The third kappa shape index (κ3) is 2.04. The summed E-state index contributed by atoms with van der Waals surface area (Å²) in [6.45, 7) is -0.118. The fraction of sp³-hybridized carbons (Fsp3) is 0.625. The molecule has 1 aliphatic heterocycles. The van der Waals surface area contributed by atoms with Crippen molar-refractivity contribution in [3.8, 4) is 0 Å². The molecule has 8 heteroatoms. The molecule has 4 N–H and O–H groups in total. The van der Waals surface area contributed by atoms with Crippen molar-refractivity contribution in [1.29, 1.82) is 0 Å². The molecule has 0 radical (unpaired) electrons. The van der Waals surface area contributed by atoms with Gasteiger partial charge in [0.25, 0.3) is 0 Å². The quantitative estimate of drug-likeness (QED) is 0.584. The Balaban J connectivity index is 2.23. The van der Waals surface area contributed by atoms with Gasteiger partial charge in [0.05, 0.1) is 23.3 Å². The Bertz CT molecular complexity index is 438. The van der Waals surface area contributed by atoms with Crippen molar-refractivity contribution in [2.24, 2.45) is 0 Å². The number of nitrogen functional groups attached to an aromatic ring is 1. The Morgan fingerprint density at radius 2 is 2.44 bits per heavy atom. The number of hydrogen-bond acceptors (Lipinski definition) is 7. The fourth-order valence-corrected chi connectivity index (χ4v) is 2.97. The molecule has 2 rings (SSSR count). The van der Waals surface area contributed by atoms with E-state index in [1.807, 2.05) is 0 Å². The summed E-state index contributed by atoms with van der Waals surface area (Å²) in [7, 11) is 0. The van der Waals surface area contributed by atoms with Crippen molar-refractivity contribution in [1.82, 2.24) is 14.5 Å². The number of thioether (sulfide) groups is 1. The normalized spacial score (nSPS) is 29.5. The SMILES string of the molecule is Nc1ncn([C@@H]2C[C@H](O)[C@H](CO)S2)c(=O)n1. The van der Waals surface area contributed by atoms with Crippen LogP contribution >= 0.6 is 11.8 Å². The van der Waals surface area contributed by atoms with Crippen LogP contribution in [-0.2, 0) is 0 Å². The summed E-state index contributed by atoms with van der Waals surface area (Å²) in [5, 5.41) is 18.1. The largest absolute Gasteiger partial charge is 0.395 e. The summed E-state index contributed by atoms with van der Waals surface area (Å²) in [4.78, 5) is 18.7. The van der Waals surface area contributed by atoms with Gasteiger partial charge >= 0.3 is 5.69 Å². The third-order valence-electron chi connectivity index (χ3n) is 2.44. The fourth-order valence-electron chi connectivity index (χ4n) is 1.60. The molecule has 2 heterocycles. The highest BCUT2D eigenvalue weighted by Gasteiger charge is 2.34. The minimum Gasteiger partial charge on any atom is -0.395 e. The zero-order valence-electron chi connectivity index (χ0n) is 8.35. The minimum atomic E-state index is -0.621. The smallest absolute Gasteiger partial charge is 0.353 e. The molecule has 0 amide bonds. The average Bonchev–Trinajstić information content (AvgIpc) is 2.59. The molecule has 0 aliphatic carbocycles. The van der Waals surface area contributed by atoms with E-state index in [2.05, 4.69) is 9.97 Å². The van der Waals surface area contributed by atoms with Gasteiger partial charge in [0.15, 0.2) is 0 Å². The predicted molar refractivity (Wildman–Crippen MR) is 58.8 cm³/mol. The first-order chi connectivity index (χ1) is 7.61. The van der Waals surface area contributed by atoms with Crippen molar-refractivity contribution >= 4 is 17.7 Å². The number of anilines is 1. The van der Waals surface area contributed by atoms with Gasteiger partial charge in [0.2, 0.25) is 5.95 Å². The highest BCUT2D eigenvalue weighted by molar-refractivity contribution is 8.00. The van der Waals surface area contributed by atoms with Gasteiger partial charge in [-0.1, -0.05) is 0 Å². The number of nitrogens with zero attached hydrogens (tertiary/aromatic N) is 3. The van der Waals surface area contributed by atoms with Crippen molar-refractivity contribution in [2.45, 2.75) is 23.1 Å². The van der Waals surface area contributed by atoms with Crippen LogP contribution in [0.2, 0.25) is 0 Å². The predicted octanol–water partition coefficient (Wildman–Crippen LogP) is -1.42. The number of aromatic nitrogens is 3. The summed E-state index contributed by atoms with van der Waals surface area (Å²) in [5.74, 6) is -0.0662. The molecule has 0 aromatic carbocycles. The summed E-state index contributed by atoms with van der Waals surface area (Å²) in [5.41, 5.74) is 4.79. The standard InChI is InChI=1S/C8H12N4O3S/c9-7-10-3-12(8(15)11-7)6-1-4(14)5(2-13)16-6/h3-6,13-14H,1-2H2,(H2,9,11,15)/t4-,5-,6-/m0/s1. The van der Waals surface area contributed by atoms with Crippen LogP contribution in [0.25, 0.3) is 0 Å².